The number of rotatable bonds is 1. The summed E-state index contributed by atoms with van der Waals surface area (Å²) in [6.07, 6.45) is 3.41. The van der Waals surface area contributed by atoms with E-state index >= 15 is 0 Å². The van der Waals surface area contributed by atoms with Crippen LogP contribution in [0.1, 0.15) is 22.1 Å². The average Bonchev–Trinajstić information content (AvgIpc) is 2.76. The van der Waals surface area contributed by atoms with Gasteiger partial charge in [-0.05, 0) is 12.1 Å². The maximum Gasteiger partial charge on any atom is 0.255 e. The first-order valence-corrected chi connectivity index (χ1v) is 5.39. The van der Waals surface area contributed by atoms with Crippen LogP contribution in [0.4, 0.5) is 5.69 Å². The Kier molecular flexibility index (Phi) is 2.11. The average molecular weight is 228 g/mol. The van der Waals surface area contributed by atoms with Gasteiger partial charge in [-0.25, -0.2) is 0 Å². The van der Waals surface area contributed by atoms with Crippen LogP contribution < -0.4 is 10.6 Å². The van der Waals surface area contributed by atoms with Crippen molar-refractivity contribution in [1.29, 1.82) is 0 Å². The molecule has 86 valence electrons. The summed E-state index contributed by atoms with van der Waals surface area (Å²) in [7, 11) is 1.85. The zero-order valence-corrected chi connectivity index (χ0v) is 9.34. The molecule has 1 amide bonds. The molecule has 1 aliphatic rings. The van der Waals surface area contributed by atoms with E-state index in [1.165, 1.54) is 0 Å². The molecule has 0 bridgehead atoms. The molecule has 0 saturated carbocycles. The van der Waals surface area contributed by atoms with Gasteiger partial charge in [-0.1, -0.05) is 12.1 Å². The van der Waals surface area contributed by atoms with E-state index in [1.54, 1.807) is 16.9 Å². The van der Waals surface area contributed by atoms with Crippen LogP contribution in [-0.4, -0.2) is 15.7 Å². The largest absolute Gasteiger partial charge is 0.361 e. The van der Waals surface area contributed by atoms with E-state index in [4.69, 9.17) is 0 Å². The Balaban J connectivity index is 1.96. The predicted molar refractivity (Wildman–Crippen MR) is 63.5 cm³/mol. The van der Waals surface area contributed by atoms with E-state index in [2.05, 4.69) is 15.7 Å². The standard InChI is InChI=1S/C12H12N4O/c1-16-7-8(6-13-16)11-14-10-5-3-2-4-9(10)12(17)15-11/h2-7,11,14H,1H3,(H,15,17). The molecule has 0 spiro atoms. The maximum absolute atomic E-state index is 11.9. The number of aromatic nitrogens is 2. The van der Waals surface area contributed by atoms with Gasteiger partial charge in [0.05, 0.1) is 11.8 Å². The summed E-state index contributed by atoms with van der Waals surface area (Å²) in [6.45, 7) is 0. The van der Waals surface area contributed by atoms with Gasteiger partial charge in [0.25, 0.3) is 5.91 Å². The molecule has 0 radical (unpaired) electrons. The molecule has 2 N–H and O–H groups in total. The van der Waals surface area contributed by atoms with E-state index in [0.717, 1.165) is 11.3 Å². The van der Waals surface area contributed by atoms with Crippen molar-refractivity contribution in [2.45, 2.75) is 6.17 Å². The molecule has 2 heterocycles. The van der Waals surface area contributed by atoms with Crippen molar-refractivity contribution in [3.63, 3.8) is 0 Å². The fraction of sp³-hybridized carbons (Fsp3) is 0.167. The number of nitrogens with one attached hydrogen (secondary N) is 2. The summed E-state index contributed by atoms with van der Waals surface area (Å²) in [5.41, 5.74) is 2.47. The van der Waals surface area contributed by atoms with Gasteiger partial charge in [-0.2, -0.15) is 5.10 Å². The highest BCUT2D eigenvalue weighted by Crippen LogP contribution is 2.25. The number of carbonyl (C=O) groups excluding carboxylic acids is 1. The number of hydrogen-bond acceptors (Lipinski definition) is 3. The number of benzene rings is 1. The number of anilines is 1. The third-order valence-corrected chi connectivity index (χ3v) is 2.81. The topological polar surface area (TPSA) is 59.0 Å². The molecule has 2 aromatic rings. The van der Waals surface area contributed by atoms with Crippen LogP contribution in [0, 0.1) is 0 Å². The maximum atomic E-state index is 11.9. The van der Waals surface area contributed by atoms with Gasteiger partial charge in [-0.3, -0.25) is 9.48 Å². The lowest BCUT2D eigenvalue weighted by Gasteiger charge is -2.26. The number of hydrogen-bond donors (Lipinski definition) is 2. The molecule has 1 unspecified atom stereocenters. The lowest BCUT2D eigenvalue weighted by molar-refractivity contribution is 0.0935. The number of nitrogens with zero attached hydrogens (tertiary/aromatic N) is 2. The number of fused-ring (bicyclic) bond motifs is 1. The zero-order chi connectivity index (χ0) is 11.8. The van der Waals surface area contributed by atoms with E-state index < -0.39 is 0 Å². The molecule has 1 aromatic carbocycles. The van der Waals surface area contributed by atoms with Crippen molar-refractivity contribution in [3.05, 3.63) is 47.8 Å². The SMILES string of the molecule is Cn1cc(C2NC(=O)c3ccccc3N2)cn1. The molecular weight excluding hydrogens is 216 g/mol. The van der Waals surface area contributed by atoms with Gasteiger partial charge in [-0.15, -0.1) is 0 Å². The highest BCUT2D eigenvalue weighted by atomic mass is 16.2. The molecule has 3 rings (SSSR count). The minimum absolute atomic E-state index is 0.0618. The van der Waals surface area contributed by atoms with Gasteiger partial charge in [0.2, 0.25) is 0 Å². The fourth-order valence-electron chi connectivity index (χ4n) is 1.96. The summed E-state index contributed by atoms with van der Waals surface area (Å²) in [6, 6.07) is 7.46. The molecule has 5 heteroatoms. The Labute approximate surface area is 98.4 Å². The summed E-state index contributed by atoms with van der Waals surface area (Å²) in [4.78, 5) is 11.9. The number of aryl methyl sites for hydroxylation is 1. The first-order valence-electron chi connectivity index (χ1n) is 5.39. The third kappa shape index (κ3) is 1.65. The van der Waals surface area contributed by atoms with Crippen LogP contribution in [0.3, 0.4) is 0 Å². The van der Waals surface area contributed by atoms with Gasteiger partial charge in [0.15, 0.2) is 0 Å². The van der Waals surface area contributed by atoms with Crippen LogP contribution in [-0.2, 0) is 7.05 Å². The minimum Gasteiger partial charge on any atom is -0.361 e. The normalized spacial score (nSPS) is 18.2. The quantitative estimate of drug-likeness (QED) is 0.772. The second-order valence-corrected chi connectivity index (χ2v) is 4.04. The van der Waals surface area contributed by atoms with Crippen molar-refractivity contribution in [2.75, 3.05) is 5.32 Å². The summed E-state index contributed by atoms with van der Waals surface area (Å²) in [5, 5.41) is 10.3. The predicted octanol–water partition coefficient (Wildman–Crippen LogP) is 1.27. The van der Waals surface area contributed by atoms with Crippen molar-refractivity contribution < 1.29 is 4.79 Å². The Morgan fingerprint density at radius 1 is 1.29 bits per heavy atom. The molecule has 1 atom stereocenters. The molecule has 1 aliphatic heterocycles. The summed E-state index contributed by atoms with van der Waals surface area (Å²) >= 11 is 0. The van der Waals surface area contributed by atoms with Gasteiger partial charge in [0, 0.05) is 24.5 Å². The Hall–Kier alpha value is -2.30. The van der Waals surface area contributed by atoms with Gasteiger partial charge >= 0.3 is 0 Å². The Morgan fingerprint density at radius 2 is 2.12 bits per heavy atom. The van der Waals surface area contributed by atoms with E-state index in [0.29, 0.717) is 5.56 Å². The van der Waals surface area contributed by atoms with Crippen molar-refractivity contribution in [1.82, 2.24) is 15.1 Å². The lowest BCUT2D eigenvalue weighted by Crippen LogP contribution is -2.38. The molecule has 0 fully saturated rings. The first-order chi connectivity index (χ1) is 8.24. The molecule has 1 aromatic heterocycles. The molecule has 17 heavy (non-hydrogen) atoms. The van der Waals surface area contributed by atoms with Gasteiger partial charge in [0.1, 0.15) is 6.17 Å². The summed E-state index contributed by atoms with van der Waals surface area (Å²) in [5.74, 6) is -0.0618. The molecular formula is C12H12N4O. The monoisotopic (exact) mass is 228 g/mol. The van der Waals surface area contributed by atoms with E-state index in [-0.39, 0.29) is 12.1 Å². The minimum atomic E-state index is -0.217. The number of carbonyl (C=O) groups is 1. The van der Waals surface area contributed by atoms with Crippen LogP contribution in [0.15, 0.2) is 36.7 Å². The van der Waals surface area contributed by atoms with Crippen LogP contribution in [0.2, 0.25) is 0 Å². The fourth-order valence-corrected chi connectivity index (χ4v) is 1.96. The van der Waals surface area contributed by atoms with Crippen molar-refractivity contribution in [3.8, 4) is 0 Å². The van der Waals surface area contributed by atoms with Crippen molar-refractivity contribution >= 4 is 11.6 Å². The smallest absolute Gasteiger partial charge is 0.255 e. The van der Waals surface area contributed by atoms with Crippen LogP contribution >= 0.6 is 0 Å². The molecule has 0 aliphatic carbocycles. The first kappa shape index (κ1) is 9.89. The highest BCUT2D eigenvalue weighted by Gasteiger charge is 2.24. The van der Waals surface area contributed by atoms with Crippen LogP contribution in [0.25, 0.3) is 0 Å². The van der Waals surface area contributed by atoms with E-state index in [9.17, 15) is 4.79 Å². The highest BCUT2D eigenvalue weighted by molar-refractivity contribution is 6.01. The molecule has 0 saturated heterocycles. The third-order valence-electron chi connectivity index (χ3n) is 2.81. The lowest BCUT2D eigenvalue weighted by atomic mass is 10.1. The zero-order valence-electron chi connectivity index (χ0n) is 9.34. The second-order valence-electron chi connectivity index (χ2n) is 4.04. The van der Waals surface area contributed by atoms with Crippen molar-refractivity contribution in [2.24, 2.45) is 7.05 Å². The van der Waals surface area contributed by atoms with Gasteiger partial charge < -0.3 is 10.6 Å². The second kappa shape index (κ2) is 3.62. The van der Waals surface area contributed by atoms with Crippen LogP contribution in [0.5, 0.6) is 0 Å². The van der Waals surface area contributed by atoms with E-state index in [1.807, 2.05) is 31.4 Å². The number of para-hydroxylation sites is 1. The Bertz CT molecular complexity index is 575. The number of amides is 1. The summed E-state index contributed by atoms with van der Waals surface area (Å²) < 4.78 is 1.71. The Morgan fingerprint density at radius 3 is 2.88 bits per heavy atom. The molecule has 5 nitrogen and oxygen atoms in total.